The highest BCUT2D eigenvalue weighted by Gasteiger charge is 2.05. The van der Waals surface area contributed by atoms with Crippen molar-refractivity contribution in [3.63, 3.8) is 0 Å². The van der Waals surface area contributed by atoms with Gasteiger partial charge < -0.3 is 11.1 Å². The van der Waals surface area contributed by atoms with Crippen LogP contribution in [0.2, 0.25) is 0 Å². The van der Waals surface area contributed by atoms with Crippen LogP contribution in [0.25, 0.3) is 0 Å². The van der Waals surface area contributed by atoms with Crippen LogP contribution in [-0.2, 0) is 16.4 Å². The van der Waals surface area contributed by atoms with Crippen molar-refractivity contribution < 1.29 is 8.42 Å². The maximum Gasteiger partial charge on any atom is 0.175 e. The van der Waals surface area contributed by atoms with Crippen LogP contribution < -0.4 is 11.1 Å². The molecule has 0 atom stereocenters. The van der Waals surface area contributed by atoms with Gasteiger partial charge in [-0.2, -0.15) is 0 Å². The van der Waals surface area contributed by atoms with Crippen LogP contribution in [0.5, 0.6) is 0 Å². The summed E-state index contributed by atoms with van der Waals surface area (Å²) in [7, 11) is -3.15. The Morgan fingerprint density at radius 1 is 1.11 bits per heavy atom. The fourth-order valence-corrected chi connectivity index (χ4v) is 2.11. The lowest BCUT2D eigenvalue weighted by Gasteiger charge is -2.06. The highest BCUT2D eigenvalue weighted by atomic mass is 32.2. The Labute approximate surface area is 111 Å². The number of rotatable bonds is 4. The third kappa shape index (κ3) is 3.65. The maximum absolute atomic E-state index is 11.3. The molecule has 0 aliphatic heterocycles. The number of hydrogen-bond donors (Lipinski definition) is 2. The zero-order valence-corrected chi connectivity index (χ0v) is 11.2. The molecule has 0 aliphatic rings. The van der Waals surface area contributed by atoms with Gasteiger partial charge in [0.15, 0.2) is 9.84 Å². The maximum atomic E-state index is 11.3. The highest BCUT2D eigenvalue weighted by molar-refractivity contribution is 7.90. The number of nitrogens with zero attached hydrogens (tertiary/aromatic N) is 2. The molecule has 0 bridgehead atoms. The first-order valence-electron chi connectivity index (χ1n) is 5.57. The molecule has 1 aromatic carbocycles. The molecular weight excluding hydrogens is 264 g/mol. The van der Waals surface area contributed by atoms with Crippen molar-refractivity contribution >= 4 is 21.5 Å². The second-order valence-corrected chi connectivity index (χ2v) is 6.13. The summed E-state index contributed by atoms with van der Waals surface area (Å²) in [6.45, 7) is 0.530. The summed E-state index contributed by atoms with van der Waals surface area (Å²) in [6, 6.07) is 10.1. The van der Waals surface area contributed by atoms with Gasteiger partial charge >= 0.3 is 0 Å². The van der Waals surface area contributed by atoms with Crippen LogP contribution in [0.15, 0.2) is 41.3 Å². The van der Waals surface area contributed by atoms with Crippen molar-refractivity contribution in [2.24, 2.45) is 0 Å². The summed E-state index contributed by atoms with van der Waals surface area (Å²) in [5.74, 6) is 0.976. The number of nitrogen functional groups attached to an aromatic ring is 1. The van der Waals surface area contributed by atoms with E-state index in [9.17, 15) is 8.42 Å². The molecule has 0 spiro atoms. The number of benzene rings is 1. The Hall–Kier alpha value is -2.15. The molecule has 0 radical (unpaired) electrons. The molecule has 0 fully saturated rings. The largest absolute Gasteiger partial charge is 0.382 e. The Morgan fingerprint density at radius 3 is 2.32 bits per heavy atom. The summed E-state index contributed by atoms with van der Waals surface area (Å²) in [4.78, 5) is 0.309. The summed E-state index contributed by atoms with van der Waals surface area (Å²) in [6.07, 6.45) is 1.18. The van der Waals surface area contributed by atoms with E-state index in [-0.39, 0.29) is 0 Å². The Balaban J connectivity index is 2.02. The molecule has 0 saturated carbocycles. The van der Waals surface area contributed by atoms with E-state index in [1.807, 2.05) is 0 Å². The standard InChI is InChI=1S/C12H14N4O2S/c1-19(17,18)10-4-2-9(3-5-10)8-14-12-7-6-11(13)15-16-12/h2-7H,8H2,1H3,(H2,13,15)(H,14,16). The minimum Gasteiger partial charge on any atom is -0.382 e. The molecule has 3 N–H and O–H groups in total. The van der Waals surface area contributed by atoms with E-state index in [1.54, 1.807) is 36.4 Å². The Bertz CT molecular complexity index is 651. The zero-order chi connectivity index (χ0) is 13.9. The number of hydrogen-bond acceptors (Lipinski definition) is 6. The summed E-state index contributed by atoms with van der Waals surface area (Å²) in [5, 5.41) is 10.7. The molecule has 2 rings (SSSR count). The average Bonchev–Trinajstić information content (AvgIpc) is 2.37. The fraction of sp³-hybridized carbons (Fsp3) is 0.167. The van der Waals surface area contributed by atoms with Crippen molar-refractivity contribution in [3.05, 3.63) is 42.0 Å². The predicted octanol–water partition coefficient (Wildman–Crippen LogP) is 1.07. The van der Waals surface area contributed by atoms with Crippen molar-refractivity contribution in [2.45, 2.75) is 11.4 Å². The Kier molecular flexibility index (Phi) is 3.66. The minimum absolute atomic E-state index is 0.309. The summed E-state index contributed by atoms with van der Waals surface area (Å²) in [5.41, 5.74) is 6.38. The van der Waals surface area contributed by atoms with Crippen molar-refractivity contribution in [3.8, 4) is 0 Å². The van der Waals surface area contributed by atoms with Crippen LogP contribution in [0.4, 0.5) is 11.6 Å². The summed E-state index contributed by atoms with van der Waals surface area (Å²) < 4.78 is 22.6. The van der Waals surface area contributed by atoms with E-state index >= 15 is 0 Å². The van der Waals surface area contributed by atoms with E-state index in [0.717, 1.165) is 5.56 Å². The van der Waals surface area contributed by atoms with Crippen molar-refractivity contribution in [1.82, 2.24) is 10.2 Å². The van der Waals surface area contributed by atoms with Gasteiger partial charge in [0.2, 0.25) is 0 Å². The number of anilines is 2. The fourth-order valence-electron chi connectivity index (χ4n) is 1.48. The smallest absolute Gasteiger partial charge is 0.175 e. The molecule has 100 valence electrons. The lowest BCUT2D eigenvalue weighted by molar-refractivity contribution is 0.602. The van der Waals surface area contributed by atoms with E-state index in [2.05, 4.69) is 15.5 Å². The second-order valence-electron chi connectivity index (χ2n) is 4.11. The second kappa shape index (κ2) is 5.23. The van der Waals surface area contributed by atoms with Crippen LogP contribution in [0.1, 0.15) is 5.56 Å². The molecule has 6 nitrogen and oxygen atoms in total. The van der Waals surface area contributed by atoms with Gasteiger partial charge in [0.05, 0.1) is 4.90 Å². The van der Waals surface area contributed by atoms with Gasteiger partial charge in [0, 0.05) is 12.8 Å². The first kappa shape index (κ1) is 13.3. The lowest BCUT2D eigenvalue weighted by atomic mass is 10.2. The molecule has 7 heteroatoms. The number of nitrogens with one attached hydrogen (secondary N) is 1. The quantitative estimate of drug-likeness (QED) is 0.868. The Morgan fingerprint density at radius 2 is 1.79 bits per heavy atom. The van der Waals surface area contributed by atoms with Crippen LogP contribution >= 0.6 is 0 Å². The third-order valence-corrected chi connectivity index (χ3v) is 3.64. The van der Waals surface area contributed by atoms with Crippen LogP contribution in [-0.4, -0.2) is 24.9 Å². The monoisotopic (exact) mass is 278 g/mol. The van der Waals surface area contributed by atoms with Crippen LogP contribution in [0.3, 0.4) is 0 Å². The third-order valence-electron chi connectivity index (χ3n) is 2.51. The van der Waals surface area contributed by atoms with Gasteiger partial charge in [0.25, 0.3) is 0 Å². The lowest BCUT2D eigenvalue weighted by Crippen LogP contribution is -2.04. The molecule has 1 aromatic heterocycles. The average molecular weight is 278 g/mol. The van der Waals surface area contributed by atoms with E-state index < -0.39 is 9.84 Å². The molecular formula is C12H14N4O2S. The number of nitrogens with two attached hydrogens (primary N) is 1. The normalized spacial score (nSPS) is 11.2. The molecule has 2 aromatic rings. The molecule has 0 unspecified atom stereocenters. The van der Waals surface area contributed by atoms with Gasteiger partial charge in [-0.05, 0) is 29.8 Å². The number of aromatic nitrogens is 2. The minimum atomic E-state index is -3.15. The topological polar surface area (TPSA) is 98.0 Å². The highest BCUT2D eigenvalue weighted by Crippen LogP contribution is 2.11. The van der Waals surface area contributed by atoms with Crippen molar-refractivity contribution in [1.29, 1.82) is 0 Å². The molecule has 19 heavy (non-hydrogen) atoms. The van der Waals surface area contributed by atoms with Gasteiger partial charge in [-0.15, -0.1) is 10.2 Å². The van der Waals surface area contributed by atoms with Gasteiger partial charge in [-0.3, -0.25) is 0 Å². The first-order chi connectivity index (χ1) is 8.95. The SMILES string of the molecule is CS(=O)(=O)c1ccc(CNc2ccc(N)nn2)cc1. The van der Waals surface area contributed by atoms with Gasteiger partial charge in [-0.25, -0.2) is 8.42 Å². The van der Waals surface area contributed by atoms with E-state index in [4.69, 9.17) is 5.73 Å². The molecule has 0 aliphatic carbocycles. The van der Waals surface area contributed by atoms with Crippen LogP contribution in [0, 0.1) is 0 Å². The molecule has 0 amide bonds. The van der Waals surface area contributed by atoms with Gasteiger partial charge in [0.1, 0.15) is 11.6 Å². The summed E-state index contributed by atoms with van der Waals surface area (Å²) >= 11 is 0. The molecule has 0 saturated heterocycles. The number of sulfone groups is 1. The predicted molar refractivity (Wildman–Crippen MR) is 73.3 cm³/mol. The van der Waals surface area contributed by atoms with Crippen molar-refractivity contribution in [2.75, 3.05) is 17.3 Å². The molecule has 1 heterocycles. The van der Waals surface area contributed by atoms with E-state index in [0.29, 0.717) is 23.1 Å². The van der Waals surface area contributed by atoms with E-state index in [1.165, 1.54) is 6.26 Å². The first-order valence-corrected chi connectivity index (χ1v) is 7.46. The zero-order valence-electron chi connectivity index (χ0n) is 10.4. The van der Waals surface area contributed by atoms with Gasteiger partial charge in [-0.1, -0.05) is 12.1 Å².